The summed E-state index contributed by atoms with van der Waals surface area (Å²) in [7, 11) is 0. The van der Waals surface area contributed by atoms with Gasteiger partial charge >= 0.3 is 12.2 Å². The predicted molar refractivity (Wildman–Crippen MR) is 203 cm³/mol. The average Bonchev–Trinajstić information content (AvgIpc) is 3.92. The Morgan fingerprint density at radius 1 is 0.830 bits per heavy atom. The third-order valence-electron chi connectivity index (χ3n) is 11.6. The van der Waals surface area contributed by atoms with Crippen LogP contribution in [0.3, 0.4) is 0 Å². The lowest BCUT2D eigenvalue weighted by atomic mass is 9.59. The highest BCUT2D eigenvalue weighted by atomic mass is 16.4. The molecule has 53 heavy (non-hydrogen) atoms. The maximum absolute atomic E-state index is 14.0. The van der Waals surface area contributed by atoms with E-state index in [2.05, 4.69) is 56.5 Å². The van der Waals surface area contributed by atoms with Crippen LogP contribution in [0.2, 0.25) is 0 Å². The molecule has 2 saturated heterocycles. The molecule has 274 valence electrons. The normalized spacial score (nSPS) is 21.0. The van der Waals surface area contributed by atoms with Crippen molar-refractivity contribution in [3.8, 4) is 22.5 Å². The maximum atomic E-state index is 14.0. The van der Waals surface area contributed by atoms with Crippen LogP contribution < -0.4 is 5.43 Å². The van der Waals surface area contributed by atoms with Crippen molar-refractivity contribution in [3.63, 3.8) is 0 Å². The number of carbonyl (C=O) groups is 2. The van der Waals surface area contributed by atoms with Gasteiger partial charge in [0.05, 0.1) is 40.6 Å². The molecule has 1 unspecified atom stereocenters. The van der Waals surface area contributed by atoms with E-state index in [0.29, 0.717) is 58.8 Å². The molecule has 0 saturated carbocycles. The number of H-pyrrole nitrogens is 2. The molecule has 0 spiro atoms. The lowest BCUT2D eigenvalue weighted by Gasteiger charge is -2.52. The standard InChI is InChI=1S/C41H44N6O6/c1-39(2,3)32-15-17-47(38(51)52)41(32,40(4,5)6)36-43-21-28(45-36)23-9-12-25-22(18-23)11-14-30-33(25)34(48)26-13-10-24(19-31(26)53-30)27-20-42-35(44-27)29-8-7-16-46(29)37(49)50/h9-14,18-21,29,32H,7-8,15-17H2,1-6H3,(H,42,44)(H,43,45)(H,49,50)(H,51,52)/t29-,32?,41+/m0/s1. The van der Waals surface area contributed by atoms with Crippen LogP contribution in [0.5, 0.6) is 0 Å². The van der Waals surface area contributed by atoms with Gasteiger partial charge in [-0.2, -0.15) is 0 Å². The molecule has 3 atom stereocenters. The third-order valence-corrected chi connectivity index (χ3v) is 11.6. The number of amides is 2. The smallest absolute Gasteiger partial charge is 0.408 e. The van der Waals surface area contributed by atoms with Crippen LogP contribution in [0.15, 0.2) is 70.1 Å². The summed E-state index contributed by atoms with van der Waals surface area (Å²) in [6, 6.07) is 14.7. The van der Waals surface area contributed by atoms with Gasteiger partial charge in [-0.25, -0.2) is 19.6 Å². The Morgan fingerprint density at radius 3 is 2.23 bits per heavy atom. The molecule has 8 rings (SSSR count). The van der Waals surface area contributed by atoms with Crippen molar-refractivity contribution in [1.29, 1.82) is 0 Å². The molecule has 2 aliphatic rings. The molecule has 5 heterocycles. The minimum absolute atomic E-state index is 0.0249. The van der Waals surface area contributed by atoms with Crippen molar-refractivity contribution in [2.24, 2.45) is 16.7 Å². The Hall–Kier alpha value is -5.65. The molecule has 2 fully saturated rings. The molecule has 4 N–H and O–H groups in total. The number of aromatic nitrogens is 4. The zero-order chi connectivity index (χ0) is 37.6. The fraction of sp³-hybridized carbons (Fsp3) is 0.390. The highest BCUT2D eigenvalue weighted by Gasteiger charge is 2.63. The zero-order valence-electron chi connectivity index (χ0n) is 30.8. The molecule has 0 radical (unpaired) electrons. The summed E-state index contributed by atoms with van der Waals surface area (Å²) in [5.74, 6) is 1.26. The molecule has 12 nitrogen and oxygen atoms in total. The minimum atomic E-state index is -0.958. The monoisotopic (exact) mass is 716 g/mol. The second-order valence-corrected chi connectivity index (χ2v) is 16.6. The number of likely N-dealkylation sites (tertiary alicyclic amines) is 2. The first kappa shape index (κ1) is 34.4. The van der Waals surface area contributed by atoms with Crippen molar-refractivity contribution >= 4 is 44.9 Å². The van der Waals surface area contributed by atoms with E-state index in [1.165, 1.54) is 4.90 Å². The number of rotatable bonds is 4. The highest BCUT2D eigenvalue weighted by molar-refractivity contribution is 6.09. The number of aromatic amines is 2. The van der Waals surface area contributed by atoms with Gasteiger partial charge in [0, 0.05) is 24.2 Å². The van der Waals surface area contributed by atoms with Crippen LogP contribution in [0.1, 0.15) is 78.5 Å². The van der Waals surface area contributed by atoms with Crippen LogP contribution in [-0.2, 0) is 5.54 Å². The van der Waals surface area contributed by atoms with Crippen molar-refractivity contribution in [2.75, 3.05) is 13.1 Å². The molecule has 6 aromatic rings. The SMILES string of the molecule is CC(C)(C)C1CCN(C(=O)O)[C@]1(c1ncc(-c2ccc3c(ccc4oc5cc(-c6cnc([C@@H]7CCCN7C(=O)O)[nH]6)ccc5c(=O)c43)c2)[nH]1)C(C)(C)C. The Morgan fingerprint density at radius 2 is 1.53 bits per heavy atom. The topological polar surface area (TPSA) is 169 Å². The molecule has 0 bridgehead atoms. The van der Waals surface area contributed by atoms with E-state index in [1.54, 1.807) is 23.4 Å². The number of hydrogen-bond acceptors (Lipinski definition) is 6. The van der Waals surface area contributed by atoms with Crippen LogP contribution in [0, 0.1) is 16.7 Å². The Bertz CT molecular complexity index is 2500. The zero-order valence-corrected chi connectivity index (χ0v) is 30.8. The molecule has 3 aromatic heterocycles. The number of hydrogen-bond donors (Lipinski definition) is 4. The van der Waals surface area contributed by atoms with Crippen LogP contribution in [-0.4, -0.2) is 65.2 Å². The summed E-state index contributed by atoms with van der Waals surface area (Å²) < 4.78 is 6.35. The van der Waals surface area contributed by atoms with Gasteiger partial charge in [0.15, 0.2) is 0 Å². The molecule has 3 aromatic carbocycles. The first-order valence-electron chi connectivity index (χ1n) is 18.1. The molecule has 2 aliphatic heterocycles. The Labute approximate surface area is 305 Å². The summed E-state index contributed by atoms with van der Waals surface area (Å²) in [4.78, 5) is 57.7. The number of nitrogens with one attached hydrogen (secondary N) is 2. The number of fused-ring (bicyclic) bond motifs is 4. The van der Waals surface area contributed by atoms with Gasteiger partial charge in [-0.05, 0) is 71.0 Å². The molecule has 0 aliphatic carbocycles. The van der Waals surface area contributed by atoms with Crippen molar-refractivity contribution in [3.05, 3.63) is 82.8 Å². The second-order valence-electron chi connectivity index (χ2n) is 16.6. The van der Waals surface area contributed by atoms with Gasteiger partial charge < -0.3 is 24.6 Å². The number of benzene rings is 3. The van der Waals surface area contributed by atoms with Gasteiger partial charge in [0.25, 0.3) is 0 Å². The van der Waals surface area contributed by atoms with Crippen molar-refractivity contribution in [2.45, 2.75) is 72.4 Å². The lowest BCUT2D eigenvalue weighted by Crippen LogP contribution is -2.58. The second kappa shape index (κ2) is 11.9. The molecule has 2 amide bonds. The third kappa shape index (κ3) is 5.28. The predicted octanol–water partition coefficient (Wildman–Crippen LogP) is 8.98. The summed E-state index contributed by atoms with van der Waals surface area (Å²) >= 11 is 0. The van der Waals surface area contributed by atoms with E-state index in [-0.39, 0.29) is 22.8 Å². The van der Waals surface area contributed by atoms with Gasteiger partial charge in [0.1, 0.15) is 28.4 Å². The first-order valence-corrected chi connectivity index (χ1v) is 18.1. The Kier molecular flexibility index (Phi) is 7.76. The largest absolute Gasteiger partial charge is 0.465 e. The van der Waals surface area contributed by atoms with Gasteiger partial charge in [-0.3, -0.25) is 14.6 Å². The quantitative estimate of drug-likeness (QED) is 0.104. The molecular weight excluding hydrogens is 672 g/mol. The van der Waals surface area contributed by atoms with Crippen molar-refractivity contribution < 1.29 is 24.2 Å². The van der Waals surface area contributed by atoms with E-state index in [4.69, 9.17) is 9.40 Å². The minimum Gasteiger partial charge on any atom is -0.465 e. The van der Waals surface area contributed by atoms with E-state index < -0.39 is 23.1 Å². The Balaban J connectivity index is 1.16. The number of nitrogens with zero attached hydrogens (tertiary/aromatic N) is 4. The molecule has 12 heteroatoms. The van der Waals surface area contributed by atoms with Gasteiger partial charge in [-0.15, -0.1) is 0 Å². The fourth-order valence-corrected chi connectivity index (χ4v) is 9.32. The maximum Gasteiger partial charge on any atom is 0.408 e. The van der Waals surface area contributed by atoms with Crippen LogP contribution in [0.25, 0.3) is 55.2 Å². The average molecular weight is 717 g/mol. The first-order chi connectivity index (χ1) is 25.1. The van der Waals surface area contributed by atoms with Gasteiger partial charge in [0.2, 0.25) is 5.43 Å². The fourth-order valence-electron chi connectivity index (χ4n) is 9.32. The van der Waals surface area contributed by atoms with E-state index >= 15 is 0 Å². The summed E-state index contributed by atoms with van der Waals surface area (Å²) in [5, 5.41) is 22.6. The van der Waals surface area contributed by atoms with Crippen LogP contribution >= 0.6 is 0 Å². The number of imidazole rings is 2. The summed E-state index contributed by atoms with van der Waals surface area (Å²) in [6.07, 6.45) is 3.78. The molecular formula is C41H44N6O6. The highest BCUT2D eigenvalue weighted by Crippen LogP contribution is 2.59. The van der Waals surface area contributed by atoms with Crippen molar-refractivity contribution in [1.82, 2.24) is 29.7 Å². The van der Waals surface area contributed by atoms with Gasteiger partial charge in [-0.1, -0.05) is 65.8 Å². The van der Waals surface area contributed by atoms with Crippen LogP contribution in [0.4, 0.5) is 9.59 Å². The lowest BCUT2D eigenvalue weighted by molar-refractivity contribution is -0.0404. The van der Waals surface area contributed by atoms with E-state index in [9.17, 15) is 24.6 Å². The number of carboxylic acid groups (broad SMARTS) is 2. The van der Waals surface area contributed by atoms with E-state index in [0.717, 1.165) is 40.4 Å². The van der Waals surface area contributed by atoms with E-state index in [1.807, 2.05) is 42.5 Å². The summed E-state index contributed by atoms with van der Waals surface area (Å²) in [5.41, 5.74) is 2.36. The summed E-state index contributed by atoms with van der Waals surface area (Å²) in [6.45, 7) is 13.7.